The fourth-order valence-electron chi connectivity index (χ4n) is 5.81. The number of guanidine groups is 1. The Hall–Kier alpha value is -4.46. The van der Waals surface area contributed by atoms with Gasteiger partial charge in [-0.15, -0.1) is 0 Å². The number of nitrogens with one attached hydrogen (secondary N) is 1. The summed E-state index contributed by atoms with van der Waals surface area (Å²) < 4.78 is 1.97. The summed E-state index contributed by atoms with van der Waals surface area (Å²) in [5, 5.41) is 8.42. The van der Waals surface area contributed by atoms with Crippen LogP contribution in [-0.4, -0.2) is 51.4 Å². The van der Waals surface area contributed by atoms with Crippen molar-refractivity contribution in [2.75, 3.05) is 17.3 Å². The van der Waals surface area contributed by atoms with Gasteiger partial charge < -0.3 is 5.32 Å². The van der Waals surface area contributed by atoms with Crippen LogP contribution in [0.1, 0.15) is 61.0 Å². The van der Waals surface area contributed by atoms with Crippen LogP contribution in [0.5, 0.6) is 0 Å². The molecular weight excluding hydrogens is 498 g/mol. The van der Waals surface area contributed by atoms with Gasteiger partial charge in [0, 0.05) is 24.5 Å². The monoisotopic (exact) mass is 533 g/mol. The van der Waals surface area contributed by atoms with Crippen LogP contribution < -0.4 is 10.2 Å². The molecule has 1 fully saturated rings. The highest BCUT2D eigenvalue weighted by Gasteiger charge is 2.48. The van der Waals surface area contributed by atoms with E-state index in [0.29, 0.717) is 17.9 Å². The molecule has 0 spiro atoms. The highest BCUT2D eigenvalue weighted by Crippen LogP contribution is 2.42. The summed E-state index contributed by atoms with van der Waals surface area (Å²) in [6.45, 7) is 8.50. The van der Waals surface area contributed by atoms with E-state index in [1.54, 1.807) is 11.0 Å². The number of anilines is 3. The molecule has 2 atom stereocenters. The fourth-order valence-corrected chi connectivity index (χ4v) is 5.81. The lowest BCUT2D eigenvalue weighted by Gasteiger charge is -2.38. The van der Waals surface area contributed by atoms with Crippen molar-refractivity contribution in [3.8, 4) is 0 Å². The summed E-state index contributed by atoms with van der Waals surface area (Å²) in [6.07, 6.45) is 8.06. The summed E-state index contributed by atoms with van der Waals surface area (Å²) in [5.41, 5.74) is 5.52. The molecule has 40 heavy (non-hydrogen) atoms. The lowest BCUT2D eigenvalue weighted by atomic mass is 9.90. The molecule has 0 saturated heterocycles. The smallest absolute Gasteiger partial charge is 0.267 e. The molecule has 2 aromatic carbocycles. The summed E-state index contributed by atoms with van der Waals surface area (Å²) in [6, 6.07) is 18.6. The Balaban J connectivity index is 1.41. The zero-order valence-electron chi connectivity index (χ0n) is 23.3. The second-order valence-electron chi connectivity index (χ2n) is 10.9. The van der Waals surface area contributed by atoms with Crippen LogP contribution in [-0.2, 0) is 6.54 Å². The minimum Gasteiger partial charge on any atom is -0.338 e. The van der Waals surface area contributed by atoms with Gasteiger partial charge in [-0.25, -0.2) is 9.67 Å². The number of aromatic nitrogens is 2. The van der Waals surface area contributed by atoms with Gasteiger partial charge in [-0.3, -0.25) is 19.6 Å². The van der Waals surface area contributed by atoms with E-state index in [9.17, 15) is 4.79 Å². The van der Waals surface area contributed by atoms with Gasteiger partial charge in [-0.1, -0.05) is 67.5 Å². The van der Waals surface area contributed by atoms with Crippen molar-refractivity contribution in [1.82, 2.24) is 14.7 Å². The van der Waals surface area contributed by atoms with E-state index < -0.39 is 0 Å². The van der Waals surface area contributed by atoms with Crippen molar-refractivity contribution < 1.29 is 4.79 Å². The Bertz CT molecular complexity index is 1530. The number of carbonyl (C=O) groups excluding carboxylic acids is 1. The molecule has 3 heterocycles. The van der Waals surface area contributed by atoms with Crippen LogP contribution in [0.2, 0.25) is 0 Å². The number of hydrogen-bond acceptors (Lipinski definition) is 6. The van der Waals surface area contributed by atoms with Crippen molar-refractivity contribution in [3.05, 3.63) is 95.7 Å². The summed E-state index contributed by atoms with van der Waals surface area (Å²) in [4.78, 5) is 27.4. The molecule has 8 heteroatoms. The van der Waals surface area contributed by atoms with Crippen molar-refractivity contribution in [2.45, 2.75) is 58.2 Å². The lowest BCUT2D eigenvalue weighted by molar-refractivity contribution is 0.0865. The topological polar surface area (TPSA) is 78.1 Å². The van der Waals surface area contributed by atoms with Gasteiger partial charge in [-0.05, 0) is 50.5 Å². The second-order valence-corrected chi connectivity index (χ2v) is 10.9. The average Bonchev–Trinajstić information content (AvgIpc) is 3.51. The second kappa shape index (κ2) is 10.6. The molecule has 1 saturated carbocycles. The largest absolute Gasteiger partial charge is 0.338 e. The van der Waals surface area contributed by atoms with E-state index in [-0.39, 0.29) is 18.0 Å². The molecule has 2 aliphatic heterocycles. The Morgan fingerprint density at radius 1 is 1.10 bits per heavy atom. The SMILES string of the molecule is C=CC(=NC=C(C)C)c1ccc(Cn2nc(Nc3ccccc3)c3c2N2C(=N[C@@H]4CCCC[C@@H]42)N(C)C3=O)cc1. The first kappa shape index (κ1) is 25.8. The predicted octanol–water partition coefficient (Wildman–Crippen LogP) is 6.15. The molecule has 1 aliphatic carbocycles. The number of allylic oxidation sites excluding steroid dienone is 2. The minimum atomic E-state index is -0.0882. The Morgan fingerprint density at radius 3 is 2.58 bits per heavy atom. The summed E-state index contributed by atoms with van der Waals surface area (Å²) in [7, 11) is 1.82. The van der Waals surface area contributed by atoms with Gasteiger partial charge in [0.2, 0.25) is 5.96 Å². The molecule has 3 aliphatic rings. The van der Waals surface area contributed by atoms with Crippen molar-refractivity contribution in [1.29, 1.82) is 0 Å². The van der Waals surface area contributed by atoms with Crippen LogP contribution in [0.15, 0.2) is 89.0 Å². The normalized spacial score (nSPS) is 19.9. The first-order chi connectivity index (χ1) is 19.4. The number of rotatable bonds is 7. The molecule has 204 valence electrons. The highest BCUT2D eigenvalue weighted by molar-refractivity contribution is 6.21. The fraction of sp³-hybridized carbons (Fsp3) is 0.312. The molecule has 0 radical (unpaired) electrons. The third-order valence-electron chi connectivity index (χ3n) is 7.77. The van der Waals surface area contributed by atoms with Gasteiger partial charge in [-0.2, -0.15) is 5.10 Å². The molecule has 0 unspecified atom stereocenters. The van der Waals surface area contributed by atoms with E-state index in [1.807, 2.05) is 62.1 Å². The lowest BCUT2D eigenvalue weighted by Crippen LogP contribution is -2.53. The van der Waals surface area contributed by atoms with Gasteiger partial charge in [0.05, 0.1) is 24.3 Å². The number of aliphatic imine (C=N–C) groups is 2. The van der Waals surface area contributed by atoms with E-state index in [0.717, 1.165) is 59.1 Å². The predicted molar refractivity (Wildman–Crippen MR) is 162 cm³/mol. The van der Waals surface area contributed by atoms with Crippen LogP contribution in [0, 0.1) is 0 Å². The van der Waals surface area contributed by atoms with E-state index >= 15 is 0 Å². The van der Waals surface area contributed by atoms with Crippen LogP contribution in [0.25, 0.3) is 0 Å². The standard InChI is InChI=1S/C32H35N7O/c1-5-25(33-19-21(2)3)23-17-15-22(16-18-23)20-38-30-28(29(36-38)34-24-11-7-6-8-12-24)31(40)37(4)32-35-26-13-9-10-14-27(26)39(30)32/h5-8,11-12,15-19,26-27H,1,9-10,13-14,20H2,2-4H3,(H,34,36)/t26-,27+/m1/s1. The van der Waals surface area contributed by atoms with Crippen molar-refractivity contribution in [3.63, 3.8) is 0 Å². The van der Waals surface area contributed by atoms with Gasteiger partial charge >= 0.3 is 0 Å². The number of para-hydroxylation sites is 1. The van der Waals surface area contributed by atoms with Crippen LogP contribution >= 0.6 is 0 Å². The summed E-state index contributed by atoms with van der Waals surface area (Å²) in [5.74, 6) is 2.05. The first-order valence-corrected chi connectivity index (χ1v) is 14.0. The van der Waals surface area contributed by atoms with E-state index in [2.05, 4.69) is 46.1 Å². The summed E-state index contributed by atoms with van der Waals surface area (Å²) >= 11 is 0. The highest BCUT2D eigenvalue weighted by atomic mass is 16.2. The number of amides is 1. The van der Waals surface area contributed by atoms with Crippen molar-refractivity contribution >= 4 is 34.9 Å². The maximum absolute atomic E-state index is 13.8. The number of benzene rings is 2. The minimum absolute atomic E-state index is 0.0882. The molecule has 1 amide bonds. The molecule has 3 aromatic rings. The van der Waals surface area contributed by atoms with Crippen LogP contribution in [0.4, 0.5) is 17.3 Å². The van der Waals surface area contributed by atoms with Crippen LogP contribution in [0.3, 0.4) is 0 Å². The molecule has 6 rings (SSSR count). The Labute approximate surface area is 235 Å². The third kappa shape index (κ3) is 4.63. The number of carbonyl (C=O) groups is 1. The number of fused-ring (bicyclic) bond motifs is 5. The maximum Gasteiger partial charge on any atom is 0.267 e. The number of nitrogens with zero attached hydrogens (tertiary/aromatic N) is 6. The third-order valence-corrected chi connectivity index (χ3v) is 7.77. The molecule has 0 bridgehead atoms. The van der Waals surface area contributed by atoms with E-state index in [1.165, 1.54) is 6.42 Å². The first-order valence-electron chi connectivity index (χ1n) is 14.0. The molecular formula is C32H35N7O. The van der Waals surface area contributed by atoms with E-state index in [4.69, 9.17) is 10.1 Å². The number of hydrogen-bond donors (Lipinski definition) is 1. The quantitative estimate of drug-likeness (QED) is 0.370. The average molecular weight is 534 g/mol. The Kier molecular flexibility index (Phi) is 6.84. The zero-order chi connectivity index (χ0) is 27.8. The molecule has 1 aromatic heterocycles. The van der Waals surface area contributed by atoms with Gasteiger partial charge in [0.25, 0.3) is 5.91 Å². The maximum atomic E-state index is 13.8. The van der Waals surface area contributed by atoms with Gasteiger partial charge in [0.15, 0.2) is 5.82 Å². The van der Waals surface area contributed by atoms with Crippen molar-refractivity contribution in [2.24, 2.45) is 9.98 Å². The van der Waals surface area contributed by atoms with Gasteiger partial charge in [0.1, 0.15) is 11.4 Å². The zero-order valence-corrected chi connectivity index (χ0v) is 23.3. The Morgan fingerprint density at radius 2 is 1.85 bits per heavy atom. The molecule has 1 N–H and O–H groups in total. The molecule has 8 nitrogen and oxygen atoms in total.